The van der Waals surface area contributed by atoms with Crippen LogP contribution in [-0.4, -0.2) is 20.6 Å². The third-order valence-corrected chi connectivity index (χ3v) is 7.51. The number of thioether (sulfide) groups is 2. The summed E-state index contributed by atoms with van der Waals surface area (Å²) < 4.78 is 2.18. The maximum absolute atomic E-state index is 4.21. The molecular weight excluding hydrogens is 380 g/mol. The van der Waals surface area contributed by atoms with E-state index >= 15 is 0 Å². The Morgan fingerprint density at radius 3 is 2.39 bits per heavy atom. The molecule has 0 radical (unpaired) electrons. The van der Waals surface area contributed by atoms with Crippen LogP contribution < -0.4 is 0 Å². The molecule has 3 aromatic rings. The van der Waals surface area contributed by atoms with E-state index in [1.54, 1.807) is 0 Å². The normalized spacial score (nSPS) is 12.9. The van der Waals surface area contributed by atoms with Crippen LogP contribution in [0.3, 0.4) is 0 Å². The van der Waals surface area contributed by atoms with Crippen LogP contribution in [0, 0.1) is 13.8 Å². The molecule has 0 aliphatic heterocycles. The lowest BCUT2D eigenvalue weighted by Crippen LogP contribution is -2.15. The van der Waals surface area contributed by atoms with Crippen molar-refractivity contribution in [3.05, 3.63) is 77.9 Å². The van der Waals surface area contributed by atoms with Gasteiger partial charge in [0.05, 0.1) is 6.33 Å². The summed E-state index contributed by atoms with van der Waals surface area (Å²) in [5.74, 6) is 1.06. The quantitative estimate of drug-likeness (QED) is 0.401. The maximum atomic E-state index is 4.21. The molecule has 2 nitrogen and oxygen atoms in total. The first-order valence-electron chi connectivity index (χ1n) is 9.74. The molecule has 0 bridgehead atoms. The lowest BCUT2D eigenvalue weighted by molar-refractivity contribution is 0.589. The van der Waals surface area contributed by atoms with Crippen LogP contribution in [0.15, 0.2) is 71.0 Å². The largest absolute Gasteiger partial charge is 0.336 e. The Labute approximate surface area is 178 Å². The van der Waals surface area contributed by atoms with E-state index in [4.69, 9.17) is 0 Å². The van der Waals surface area contributed by atoms with Gasteiger partial charge in [0.15, 0.2) is 0 Å². The van der Waals surface area contributed by atoms with Gasteiger partial charge in [-0.25, -0.2) is 4.98 Å². The number of benzene rings is 2. The zero-order valence-electron chi connectivity index (χ0n) is 17.5. The number of nitrogens with zero attached hydrogens (tertiary/aromatic N) is 2. The van der Waals surface area contributed by atoms with Gasteiger partial charge in [-0.05, 0) is 48.6 Å². The Bertz CT molecular complexity index is 878. The molecule has 0 saturated carbocycles. The summed E-state index contributed by atoms with van der Waals surface area (Å²) >= 11 is 3.92. The van der Waals surface area contributed by atoms with Crippen LogP contribution in [0.4, 0.5) is 0 Å². The van der Waals surface area contributed by atoms with Crippen molar-refractivity contribution in [2.75, 3.05) is 5.75 Å². The molecular formula is C24H30N2S2. The van der Waals surface area contributed by atoms with Crippen molar-refractivity contribution in [1.82, 2.24) is 9.55 Å². The van der Waals surface area contributed by atoms with Gasteiger partial charge in [0.25, 0.3) is 0 Å². The Hall–Kier alpha value is -1.65. The second-order valence-corrected chi connectivity index (χ2v) is 10.8. The second-order valence-electron chi connectivity index (χ2n) is 8.35. The molecule has 3 rings (SSSR count). The molecule has 1 heterocycles. The number of aryl methyl sites for hydroxylation is 2. The van der Waals surface area contributed by atoms with Gasteiger partial charge in [0, 0.05) is 39.7 Å². The van der Waals surface area contributed by atoms with Crippen LogP contribution >= 0.6 is 23.5 Å². The zero-order chi connectivity index (χ0) is 20.1. The fourth-order valence-corrected chi connectivity index (χ4v) is 5.35. The first kappa shape index (κ1) is 21.1. The summed E-state index contributed by atoms with van der Waals surface area (Å²) in [4.78, 5) is 6.92. The monoisotopic (exact) mass is 410 g/mol. The van der Waals surface area contributed by atoms with Crippen LogP contribution in [0.1, 0.15) is 37.5 Å². The molecule has 1 atom stereocenters. The van der Waals surface area contributed by atoms with Crippen LogP contribution in [0.25, 0.3) is 0 Å². The Balaban J connectivity index is 1.71. The predicted molar refractivity (Wildman–Crippen MR) is 124 cm³/mol. The van der Waals surface area contributed by atoms with E-state index in [1.807, 2.05) is 36.0 Å². The van der Waals surface area contributed by atoms with Gasteiger partial charge >= 0.3 is 0 Å². The minimum absolute atomic E-state index is 0.194. The number of imidazole rings is 1. The fourth-order valence-electron chi connectivity index (χ4n) is 3.02. The number of rotatable bonds is 7. The van der Waals surface area contributed by atoms with E-state index in [9.17, 15) is 0 Å². The predicted octanol–water partition coefficient (Wildman–Crippen LogP) is 6.75. The standard InChI is InChI=1S/C24H30N2S2/c1-18-6-9-21(10-7-18)28-22(15-26-13-12-25-17-26)16-27-23-11-8-20(14-19(23)2)24(3,4)5/h6-14,17,22H,15-16H2,1-5H3. The van der Waals surface area contributed by atoms with E-state index < -0.39 is 0 Å². The van der Waals surface area contributed by atoms with E-state index in [-0.39, 0.29) is 5.41 Å². The number of hydrogen-bond donors (Lipinski definition) is 0. The van der Waals surface area contributed by atoms with Crippen molar-refractivity contribution in [3.8, 4) is 0 Å². The number of aromatic nitrogens is 2. The molecule has 0 N–H and O–H groups in total. The van der Waals surface area contributed by atoms with Crippen molar-refractivity contribution < 1.29 is 0 Å². The molecule has 0 fully saturated rings. The molecule has 1 aromatic heterocycles. The maximum Gasteiger partial charge on any atom is 0.0946 e. The molecule has 28 heavy (non-hydrogen) atoms. The molecule has 4 heteroatoms. The van der Waals surface area contributed by atoms with E-state index in [2.05, 4.69) is 92.8 Å². The van der Waals surface area contributed by atoms with Gasteiger partial charge < -0.3 is 4.57 Å². The molecule has 148 valence electrons. The Kier molecular flexibility index (Phi) is 6.95. The summed E-state index contributed by atoms with van der Waals surface area (Å²) in [7, 11) is 0. The van der Waals surface area contributed by atoms with E-state index in [0.29, 0.717) is 5.25 Å². The van der Waals surface area contributed by atoms with Crippen LogP contribution in [0.2, 0.25) is 0 Å². The molecule has 0 aliphatic rings. The van der Waals surface area contributed by atoms with Crippen LogP contribution in [0.5, 0.6) is 0 Å². The van der Waals surface area contributed by atoms with Crippen molar-refractivity contribution in [2.24, 2.45) is 0 Å². The highest BCUT2D eigenvalue weighted by molar-refractivity contribution is 8.03. The Morgan fingerprint density at radius 1 is 1.04 bits per heavy atom. The van der Waals surface area contributed by atoms with Crippen molar-refractivity contribution in [3.63, 3.8) is 0 Å². The summed E-state index contributed by atoms with van der Waals surface area (Å²) in [5.41, 5.74) is 4.27. The number of hydrogen-bond acceptors (Lipinski definition) is 3. The smallest absolute Gasteiger partial charge is 0.0946 e. The molecule has 0 amide bonds. The fraction of sp³-hybridized carbons (Fsp3) is 0.375. The van der Waals surface area contributed by atoms with Crippen molar-refractivity contribution >= 4 is 23.5 Å². The van der Waals surface area contributed by atoms with Crippen LogP contribution in [-0.2, 0) is 12.0 Å². The average molecular weight is 411 g/mol. The Morgan fingerprint density at radius 2 is 1.79 bits per heavy atom. The zero-order valence-corrected chi connectivity index (χ0v) is 19.1. The van der Waals surface area contributed by atoms with E-state index in [0.717, 1.165) is 12.3 Å². The molecule has 2 aromatic carbocycles. The van der Waals surface area contributed by atoms with Gasteiger partial charge in [-0.1, -0.05) is 50.6 Å². The van der Waals surface area contributed by atoms with Crippen molar-refractivity contribution in [2.45, 2.75) is 61.6 Å². The third kappa shape index (κ3) is 5.92. The second kappa shape index (κ2) is 9.23. The van der Waals surface area contributed by atoms with E-state index in [1.165, 1.54) is 26.5 Å². The third-order valence-electron chi connectivity index (χ3n) is 4.76. The first-order valence-corrected chi connectivity index (χ1v) is 11.6. The first-order chi connectivity index (χ1) is 13.3. The molecule has 0 spiro atoms. The molecule has 0 aliphatic carbocycles. The summed E-state index contributed by atoms with van der Waals surface area (Å²) in [6.45, 7) is 12.1. The van der Waals surface area contributed by atoms with Gasteiger partial charge in [0.2, 0.25) is 0 Å². The molecule has 1 unspecified atom stereocenters. The highest BCUT2D eigenvalue weighted by Crippen LogP contribution is 2.33. The summed E-state index contributed by atoms with van der Waals surface area (Å²) in [6, 6.07) is 15.8. The average Bonchev–Trinajstić information content (AvgIpc) is 3.14. The summed E-state index contributed by atoms with van der Waals surface area (Å²) in [5, 5.41) is 0.476. The van der Waals surface area contributed by atoms with Gasteiger partial charge in [-0.15, -0.1) is 23.5 Å². The molecule has 0 saturated heterocycles. The highest BCUT2D eigenvalue weighted by Gasteiger charge is 2.16. The minimum Gasteiger partial charge on any atom is -0.336 e. The van der Waals surface area contributed by atoms with Gasteiger partial charge in [-0.2, -0.15) is 0 Å². The topological polar surface area (TPSA) is 17.8 Å². The van der Waals surface area contributed by atoms with Gasteiger partial charge in [-0.3, -0.25) is 0 Å². The minimum atomic E-state index is 0.194. The lowest BCUT2D eigenvalue weighted by atomic mass is 9.86. The SMILES string of the molecule is Cc1ccc(SC(CSc2ccc(C(C)(C)C)cc2C)Cn2ccnc2)cc1. The van der Waals surface area contributed by atoms with Gasteiger partial charge in [0.1, 0.15) is 0 Å². The highest BCUT2D eigenvalue weighted by atomic mass is 32.2. The van der Waals surface area contributed by atoms with Crippen molar-refractivity contribution in [1.29, 1.82) is 0 Å². The lowest BCUT2D eigenvalue weighted by Gasteiger charge is -2.21. The summed E-state index contributed by atoms with van der Waals surface area (Å²) in [6.07, 6.45) is 5.82.